The molecule has 1 saturated carbocycles. The zero-order chi connectivity index (χ0) is 26.9. The van der Waals surface area contributed by atoms with Crippen LogP contribution in [0.5, 0.6) is 0 Å². The number of thiophene rings is 1. The number of carbonyl (C=O) groups is 1. The molecule has 2 aliphatic heterocycles. The summed E-state index contributed by atoms with van der Waals surface area (Å²) in [5.41, 5.74) is 7.88. The van der Waals surface area contributed by atoms with E-state index in [0.29, 0.717) is 10.8 Å². The van der Waals surface area contributed by atoms with E-state index in [1.165, 1.54) is 102 Å². The van der Waals surface area contributed by atoms with E-state index in [9.17, 15) is 9.90 Å². The van der Waals surface area contributed by atoms with Crippen molar-refractivity contribution < 1.29 is 14.6 Å². The molecule has 4 heterocycles. The van der Waals surface area contributed by atoms with Gasteiger partial charge in [-0.2, -0.15) is 0 Å². The second-order valence-corrected chi connectivity index (χ2v) is 13.0. The molecule has 0 bridgehead atoms. The lowest BCUT2D eigenvalue weighted by atomic mass is 9.83. The Balaban J connectivity index is 1.35. The second-order valence-electron chi connectivity index (χ2n) is 12.0. The summed E-state index contributed by atoms with van der Waals surface area (Å²) in [5, 5.41) is 9.84. The van der Waals surface area contributed by atoms with E-state index < -0.39 is 5.97 Å². The normalized spacial score (nSPS) is 20.7. The number of aryl methyl sites for hydroxylation is 1. The largest absolute Gasteiger partial charge is 0.477 e. The van der Waals surface area contributed by atoms with Crippen molar-refractivity contribution in [3.05, 3.63) is 40.3 Å². The minimum atomic E-state index is -0.809. The summed E-state index contributed by atoms with van der Waals surface area (Å²) in [5.74, 6) is 0.444. The number of carboxylic acid groups (broad SMARTS) is 1. The number of fused-ring (bicyclic) bond motifs is 5. The van der Waals surface area contributed by atoms with Crippen LogP contribution in [-0.4, -0.2) is 67.0 Å². The fourth-order valence-corrected chi connectivity index (χ4v) is 8.48. The molecular formula is C32H43N3O3S. The molecule has 0 unspecified atom stereocenters. The topological polar surface area (TPSA) is 57.9 Å². The van der Waals surface area contributed by atoms with E-state index >= 15 is 0 Å². The average molecular weight is 550 g/mol. The van der Waals surface area contributed by atoms with Gasteiger partial charge < -0.3 is 24.2 Å². The summed E-state index contributed by atoms with van der Waals surface area (Å²) in [6.45, 7) is 9.36. The van der Waals surface area contributed by atoms with Gasteiger partial charge in [0.15, 0.2) is 0 Å². The molecule has 0 amide bonds. The number of piperidine rings is 1. The fourth-order valence-electron chi connectivity index (χ4n) is 7.36. The molecule has 1 aromatic carbocycles. The maximum absolute atomic E-state index is 12.0. The molecule has 3 aromatic rings. The first kappa shape index (κ1) is 26.9. The van der Waals surface area contributed by atoms with Crippen molar-refractivity contribution in [3.63, 3.8) is 0 Å². The second kappa shape index (κ2) is 11.6. The van der Waals surface area contributed by atoms with Crippen LogP contribution in [-0.2, 0) is 11.3 Å². The Morgan fingerprint density at radius 2 is 1.90 bits per heavy atom. The maximum Gasteiger partial charge on any atom is 0.345 e. The Hall–Kier alpha value is -2.35. The van der Waals surface area contributed by atoms with Gasteiger partial charge >= 0.3 is 5.97 Å². The predicted molar refractivity (Wildman–Crippen MR) is 161 cm³/mol. The summed E-state index contributed by atoms with van der Waals surface area (Å²) < 4.78 is 9.04. The third kappa shape index (κ3) is 5.38. The van der Waals surface area contributed by atoms with Crippen LogP contribution in [0.3, 0.4) is 0 Å². The highest BCUT2D eigenvalue weighted by molar-refractivity contribution is 7.21. The maximum atomic E-state index is 12.0. The van der Waals surface area contributed by atoms with Crippen LogP contribution in [0.4, 0.5) is 5.69 Å². The van der Waals surface area contributed by atoms with Gasteiger partial charge in [0.2, 0.25) is 0 Å². The van der Waals surface area contributed by atoms with Crippen molar-refractivity contribution in [2.75, 3.05) is 51.3 Å². The molecule has 1 atom stereocenters. The number of hydrogen-bond acceptors (Lipinski definition) is 5. The van der Waals surface area contributed by atoms with Crippen LogP contribution >= 0.6 is 11.3 Å². The molecule has 1 N–H and O–H groups in total. The number of nitrogens with zero attached hydrogens (tertiary/aromatic N) is 3. The summed E-state index contributed by atoms with van der Waals surface area (Å²) in [6, 6.07) is 8.92. The van der Waals surface area contributed by atoms with E-state index in [0.717, 1.165) is 50.6 Å². The molecule has 210 valence electrons. The van der Waals surface area contributed by atoms with Gasteiger partial charge in [0.05, 0.1) is 15.9 Å². The minimum Gasteiger partial charge on any atom is -0.477 e. The Morgan fingerprint density at radius 3 is 2.69 bits per heavy atom. The number of anilines is 1. The van der Waals surface area contributed by atoms with Crippen LogP contribution in [0.15, 0.2) is 24.3 Å². The Labute approximate surface area is 236 Å². The lowest BCUT2D eigenvalue weighted by molar-refractivity contribution is 0.0702. The molecular weight excluding hydrogens is 506 g/mol. The Morgan fingerprint density at radius 1 is 1.05 bits per heavy atom. The van der Waals surface area contributed by atoms with Crippen molar-refractivity contribution in [3.8, 4) is 11.3 Å². The molecule has 0 radical (unpaired) electrons. The van der Waals surface area contributed by atoms with Gasteiger partial charge in [0, 0.05) is 57.7 Å². The van der Waals surface area contributed by atoms with Crippen LogP contribution in [0.25, 0.3) is 21.5 Å². The standard InChI is InChI=1S/C32H43N3O3S/c1-22-10-11-25-26(19-22)34(15-14-33-13-6-7-23(21-33)12-18-38-2)16-17-35-27-20-28(32(36)37)39-31(27)29(30(25)35)24-8-4-3-5-9-24/h10-11,19-20,23-24H,3-9,12-18,21H2,1-2H3,(H,36,37)/t23-/m0/s1. The van der Waals surface area contributed by atoms with Crippen LogP contribution in [0.1, 0.15) is 78.1 Å². The smallest absolute Gasteiger partial charge is 0.345 e. The van der Waals surface area contributed by atoms with Gasteiger partial charge in [-0.05, 0) is 80.7 Å². The average Bonchev–Trinajstić information content (AvgIpc) is 3.46. The first-order valence-electron chi connectivity index (χ1n) is 15.0. The molecule has 7 heteroatoms. The van der Waals surface area contributed by atoms with Gasteiger partial charge in [0.1, 0.15) is 4.88 Å². The molecule has 3 aliphatic rings. The number of methoxy groups -OCH3 is 1. The van der Waals surface area contributed by atoms with E-state index in [-0.39, 0.29) is 0 Å². The molecule has 6 nitrogen and oxygen atoms in total. The van der Waals surface area contributed by atoms with Crippen molar-refractivity contribution >= 4 is 33.2 Å². The van der Waals surface area contributed by atoms with Crippen LogP contribution in [0.2, 0.25) is 0 Å². The lowest BCUT2D eigenvalue weighted by Crippen LogP contribution is -2.41. The summed E-state index contributed by atoms with van der Waals surface area (Å²) in [7, 11) is 1.81. The molecule has 2 fully saturated rings. The van der Waals surface area contributed by atoms with E-state index in [2.05, 4.69) is 39.5 Å². The number of ether oxygens (including phenoxy) is 1. The number of likely N-dealkylation sites (tertiary alicyclic amines) is 1. The first-order valence-corrected chi connectivity index (χ1v) is 15.8. The number of benzene rings is 1. The zero-order valence-electron chi connectivity index (χ0n) is 23.6. The predicted octanol–water partition coefficient (Wildman–Crippen LogP) is 6.99. The summed E-state index contributed by atoms with van der Waals surface area (Å²) in [6.07, 6.45) is 10.0. The molecule has 1 aliphatic carbocycles. The fraction of sp³-hybridized carbons (Fsp3) is 0.594. The monoisotopic (exact) mass is 549 g/mol. The number of carboxylic acids is 1. The number of aromatic carboxylic acids is 1. The van der Waals surface area contributed by atoms with Gasteiger partial charge in [-0.3, -0.25) is 0 Å². The van der Waals surface area contributed by atoms with Gasteiger partial charge in [-0.25, -0.2) is 4.79 Å². The van der Waals surface area contributed by atoms with Gasteiger partial charge in [-0.15, -0.1) is 11.3 Å². The summed E-state index contributed by atoms with van der Waals surface area (Å²) >= 11 is 1.49. The quantitative estimate of drug-likeness (QED) is 0.328. The van der Waals surface area contributed by atoms with Crippen molar-refractivity contribution in [2.24, 2.45) is 5.92 Å². The summed E-state index contributed by atoms with van der Waals surface area (Å²) in [4.78, 5) is 17.7. The van der Waals surface area contributed by atoms with Gasteiger partial charge in [-0.1, -0.05) is 31.4 Å². The number of aromatic nitrogens is 1. The van der Waals surface area contributed by atoms with E-state index in [1.807, 2.05) is 6.07 Å². The SMILES string of the molecule is COCC[C@@H]1CCCN(CCN2CCn3c(c(C4CCCCC4)c4sc(C(=O)O)cc43)-c3ccc(C)cc32)C1. The molecule has 39 heavy (non-hydrogen) atoms. The Kier molecular flexibility index (Phi) is 8.01. The lowest BCUT2D eigenvalue weighted by Gasteiger charge is -2.35. The minimum absolute atomic E-state index is 0.464. The molecule has 2 aromatic heterocycles. The van der Waals surface area contributed by atoms with Crippen molar-refractivity contribution in [1.82, 2.24) is 9.47 Å². The third-order valence-corrected chi connectivity index (χ3v) is 10.5. The van der Waals surface area contributed by atoms with Gasteiger partial charge in [0.25, 0.3) is 0 Å². The third-order valence-electron chi connectivity index (χ3n) is 9.36. The molecule has 6 rings (SSSR count). The molecule has 0 spiro atoms. The van der Waals surface area contributed by atoms with Crippen molar-refractivity contribution in [2.45, 2.75) is 70.8 Å². The van der Waals surface area contributed by atoms with Crippen LogP contribution in [0, 0.1) is 12.8 Å². The highest BCUT2D eigenvalue weighted by Crippen LogP contribution is 2.49. The van der Waals surface area contributed by atoms with Crippen molar-refractivity contribution in [1.29, 1.82) is 0 Å². The zero-order valence-corrected chi connectivity index (χ0v) is 24.4. The highest BCUT2D eigenvalue weighted by atomic mass is 32.1. The molecule has 1 saturated heterocycles. The Bertz CT molecular complexity index is 1320. The van der Waals surface area contributed by atoms with E-state index in [4.69, 9.17) is 4.74 Å². The highest BCUT2D eigenvalue weighted by Gasteiger charge is 2.32. The number of rotatable bonds is 8. The first-order chi connectivity index (χ1) is 19.0. The van der Waals surface area contributed by atoms with E-state index in [1.54, 1.807) is 7.11 Å². The number of hydrogen-bond donors (Lipinski definition) is 1. The van der Waals surface area contributed by atoms with Crippen LogP contribution < -0.4 is 4.90 Å².